The van der Waals surface area contributed by atoms with E-state index in [-0.39, 0.29) is 12.3 Å². The van der Waals surface area contributed by atoms with E-state index in [0.29, 0.717) is 31.0 Å². The lowest BCUT2D eigenvalue weighted by Crippen LogP contribution is -2.25. The molecule has 3 aromatic carbocycles. The molecule has 0 amide bonds. The SMILES string of the molecule is Oc1cc(-c2nc3ccccc3s2)cc2c1OCCN(Cc1cc(F)ccc1F)C2. The number of hydrogen-bond acceptors (Lipinski definition) is 5. The molecule has 7 heteroatoms. The van der Waals surface area contributed by atoms with E-state index in [2.05, 4.69) is 4.98 Å². The lowest BCUT2D eigenvalue weighted by atomic mass is 10.1. The number of aromatic nitrogens is 1. The molecule has 0 radical (unpaired) electrons. The molecular formula is C23H18F2N2O2S. The number of aromatic hydroxyl groups is 1. The molecule has 0 saturated carbocycles. The summed E-state index contributed by atoms with van der Waals surface area (Å²) in [6, 6.07) is 15.0. The fourth-order valence-electron chi connectivity index (χ4n) is 3.71. The van der Waals surface area contributed by atoms with E-state index in [1.165, 1.54) is 6.07 Å². The molecule has 0 atom stereocenters. The molecule has 4 aromatic rings. The van der Waals surface area contributed by atoms with Gasteiger partial charge in [0, 0.05) is 36.3 Å². The first-order chi connectivity index (χ1) is 14.6. The molecule has 4 nitrogen and oxygen atoms in total. The van der Waals surface area contributed by atoms with E-state index in [1.807, 2.05) is 35.2 Å². The lowest BCUT2D eigenvalue weighted by molar-refractivity contribution is 0.215. The molecule has 0 unspecified atom stereocenters. The molecular weight excluding hydrogens is 406 g/mol. The Bertz CT molecular complexity index is 1210. The molecule has 1 N–H and O–H groups in total. The minimum atomic E-state index is -0.464. The smallest absolute Gasteiger partial charge is 0.165 e. The normalized spacial score (nSPS) is 14.3. The highest BCUT2D eigenvalue weighted by molar-refractivity contribution is 7.21. The number of phenolic OH excluding ortho intramolecular Hbond substituents is 1. The van der Waals surface area contributed by atoms with E-state index < -0.39 is 11.6 Å². The minimum absolute atomic E-state index is 0.0561. The van der Waals surface area contributed by atoms with Gasteiger partial charge in [-0.2, -0.15) is 0 Å². The van der Waals surface area contributed by atoms with Gasteiger partial charge in [-0.15, -0.1) is 11.3 Å². The van der Waals surface area contributed by atoms with Gasteiger partial charge >= 0.3 is 0 Å². The van der Waals surface area contributed by atoms with Crippen molar-refractivity contribution in [2.75, 3.05) is 13.2 Å². The summed E-state index contributed by atoms with van der Waals surface area (Å²) in [6.45, 7) is 1.56. The first-order valence-electron chi connectivity index (χ1n) is 9.58. The highest BCUT2D eigenvalue weighted by Crippen LogP contribution is 2.39. The Labute approximate surface area is 176 Å². The minimum Gasteiger partial charge on any atom is -0.504 e. The second-order valence-electron chi connectivity index (χ2n) is 7.27. The van der Waals surface area contributed by atoms with E-state index in [0.717, 1.165) is 38.5 Å². The van der Waals surface area contributed by atoms with Crippen molar-refractivity contribution >= 4 is 21.6 Å². The number of rotatable bonds is 3. The molecule has 2 heterocycles. The first kappa shape index (κ1) is 19.0. The molecule has 0 aliphatic carbocycles. The van der Waals surface area contributed by atoms with Crippen LogP contribution in [-0.2, 0) is 13.1 Å². The van der Waals surface area contributed by atoms with Crippen LogP contribution < -0.4 is 4.74 Å². The van der Waals surface area contributed by atoms with Crippen molar-refractivity contribution in [1.82, 2.24) is 9.88 Å². The van der Waals surface area contributed by atoms with Crippen LogP contribution in [0.3, 0.4) is 0 Å². The Balaban J connectivity index is 1.48. The van der Waals surface area contributed by atoms with Crippen LogP contribution in [0.25, 0.3) is 20.8 Å². The summed E-state index contributed by atoms with van der Waals surface area (Å²) in [5, 5.41) is 11.4. The van der Waals surface area contributed by atoms with Crippen LogP contribution in [-0.4, -0.2) is 28.1 Å². The molecule has 152 valence electrons. The van der Waals surface area contributed by atoms with Crippen LogP contribution in [0.1, 0.15) is 11.1 Å². The van der Waals surface area contributed by atoms with Gasteiger partial charge in [0.1, 0.15) is 23.2 Å². The van der Waals surface area contributed by atoms with E-state index >= 15 is 0 Å². The third-order valence-corrected chi connectivity index (χ3v) is 6.22. The van der Waals surface area contributed by atoms with Gasteiger partial charge in [0.2, 0.25) is 0 Å². The Hall–Kier alpha value is -3.03. The standard InChI is InChI=1S/C23H18F2N2O2S/c24-17-5-6-18(25)15(10-17)12-27-7-8-29-22-16(13-27)9-14(11-20(22)28)23-26-19-3-1-2-4-21(19)30-23/h1-6,9-11,28H,7-8,12-13H2. The van der Waals surface area contributed by atoms with Crippen molar-refractivity contribution < 1.29 is 18.6 Å². The summed E-state index contributed by atoms with van der Waals surface area (Å²) >= 11 is 1.55. The van der Waals surface area contributed by atoms with Crippen molar-refractivity contribution in [3.63, 3.8) is 0 Å². The maximum Gasteiger partial charge on any atom is 0.165 e. The summed E-state index contributed by atoms with van der Waals surface area (Å²) in [7, 11) is 0. The van der Waals surface area contributed by atoms with E-state index in [1.54, 1.807) is 17.4 Å². The number of phenols is 1. The second kappa shape index (κ2) is 7.66. The Kier molecular flexibility index (Phi) is 4.84. The van der Waals surface area contributed by atoms with Gasteiger partial charge in [0.15, 0.2) is 11.5 Å². The molecule has 0 bridgehead atoms. The molecule has 30 heavy (non-hydrogen) atoms. The van der Waals surface area contributed by atoms with Gasteiger partial charge in [-0.25, -0.2) is 13.8 Å². The maximum atomic E-state index is 14.1. The summed E-state index contributed by atoms with van der Waals surface area (Å²) in [5.41, 5.74) is 2.80. The number of halogens is 2. The number of para-hydroxylation sites is 1. The molecule has 5 rings (SSSR count). The molecule has 1 aromatic heterocycles. The van der Waals surface area contributed by atoms with Gasteiger partial charge in [0.25, 0.3) is 0 Å². The fourth-order valence-corrected chi connectivity index (χ4v) is 4.67. The van der Waals surface area contributed by atoms with Crippen molar-refractivity contribution in [3.8, 4) is 22.1 Å². The van der Waals surface area contributed by atoms with Crippen molar-refractivity contribution in [1.29, 1.82) is 0 Å². The number of fused-ring (bicyclic) bond motifs is 2. The van der Waals surface area contributed by atoms with Crippen molar-refractivity contribution in [2.45, 2.75) is 13.1 Å². The maximum absolute atomic E-state index is 14.1. The molecule has 1 aliphatic heterocycles. The monoisotopic (exact) mass is 424 g/mol. The van der Waals surface area contributed by atoms with Crippen molar-refractivity contribution in [2.24, 2.45) is 0 Å². The number of hydrogen-bond donors (Lipinski definition) is 1. The molecule has 1 aliphatic rings. The third kappa shape index (κ3) is 3.62. The van der Waals surface area contributed by atoms with Crippen LogP contribution in [0.2, 0.25) is 0 Å². The predicted molar refractivity (Wildman–Crippen MR) is 113 cm³/mol. The van der Waals surface area contributed by atoms with Crippen LogP contribution in [0, 0.1) is 11.6 Å². The number of nitrogens with zero attached hydrogens (tertiary/aromatic N) is 2. The Morgan fingerprint density at radius 2 is 1.97 bits per heavy atom. The summed E-state index contributed by atoms with van der Waals surface area (Å²) in [6.07, 6.45) is 0. The van der Waals surface area contributed by atoms with Gasteiger partial charge in [0.05, 0.1) is 10.2 Å². The number of ether oxygens (including phenoxy) is 1. The molecule has 0 saturated heterocycles. The average Bonchev–Trinajstić information content (AvgIpc) is 3.06. The number of benzene rings is 3. The Morgan fingerprint density at radius 3 is 2.83 bits per heavy atom. The van der Waals surface area contributed by atoms with Crippen LogP contribution >= 0.6 is 11.3 Å². The molecule has 0 fully saturated rings. The predicted octanol–water partition coefficient (Wildman–Crippen LogP) is 5.34. The second-order valence-corrected chi connectivity index (χ2v) is 8.30. The summed E-state index contributed by atoms with van der Waals surface area (Å²) in [5.74, 6) is -0.413. The third-order valence-electron chi connectivity index (χ3n) is 5.14. The lowest BCUT2D eigenvalue weighted by Gasteiger charge is -2.20. The van der Waals surface area contributed by atoms with Crippen LogP contribution in [0.5, 0.6) is 11.5 Å². The van der Waals surface area contributed by atoms with E-state index in [4.69, 9.17) is 4.74 Å². The van der Waals surface area contributed by atoms with E-state index in [9.17, 15) is 13.9 Å². The topological polar surface area (TPSA) is 45.6 Å². The zero-order chi connectivity index (χ0) is 20.7. The van der Waals surface area contributed by atoms with Gasteiger partial charge in [-0.3, -0.25) is 4.90 Å². The quantitative estimate of drug-likeness (QED) is 0.482. The highest BCUT2D eigenvalue weighted by Gasteiger charge is 2.21. The van der Waals surface area contributed by atoms with Crippen LogP contribution in [0.4, 0.5) is 8.78 Å². The van der Waals surface area contributed by atoms with Crippen LogP contribution in [0.15, 0.2) is 54.6 Å². The number of thiazole rings is 1. The fraction of sp³-hybridized carbons (Fsp3) is 0.174. The van der Waals surface area contributed by atoms with Gasteiger partial charge in [-0.1, -0.05) is 12.1 Å². The highest BCUT2D eigenvalue weighted by atomic mass is 32.1. The van der Waals surface area contributed by atoms with Crippen molar-refractivity contribution in [3.05, 3.63) is 77.4 Å². The summed E-state index contributed by atoms with van der Waals surface area (Å²) < 4.78 is 34.5. The average molecular weight is 424 g/mol. The van der Waals surface area contributed by atoms with Gasteiger partial charge < -0.3 is 9.84 Å². The summed E-state index contributed by atoms with van der Waals surface area (Å²) in [4.78, 5) is 6.64. The van der Waals surface area contributed by atoms with Gasteiger partial charge in [-0.05, 0) is 42.5 Å². The Morgan fingerprint density at radius 1 is 1.10 bits per heavy atom. The molecule has 0 spiro atoms. The zero-order valence-corrected chi connectivity index (χ0v) is 16.8. The first-order valence-corrected chi connectivity index (χ1v) is 10.4. The largest absolute Gasteiger partial charge is 0.504 e. The zero-order valence-electron chi connectivity index (χ0n) is 15.9.